The lowest BCUT2D eigenvalue weighted by Gasteiger charge is -2.33. The zero-order chi connectivity index (χ0) is 15.0. The second-order valence-electron chi connectivity index (χ2n) is 6.02. The van der Waals surface area contributed by atoms with Crippen LogP contribution in [0, 0.1) is 5.82 Å². The second kappa shape index (κ2) is 5.93. The number of nitrogens with zero attached hydrogens (tertiary/aromatic N) is 2. The van der Waals surface area contributed by atoms with Crippen LogP contribution in [0.4, 0.5) is 4.39 Å². The summed E-state index contributed by atoms with van der Waals surface area (Å²) in [5, 5.41) is 0.199. The Bertz CT molecular complexity index is 551. The molecule has 2 aliphatic rings. The summed E-state index contributed by atoms with van der Waals surface area (Å²) in [5.74, 6) is -0.479. The molecule has 21 heavy (non-hydrogen) atoms. The van der Waals surface area contributed by atoms with Crippen molar-refractivity contribution in [1.29, 1.82) is 0 Å². The van der Waals surface area contributed by atoms with Gasteiger partial charge in [-0.2, -0.15) is 0 Å². The van der Waals surface area contributed by atoms with Gasteiger partial charge in [-0.1, -0.05) is 11.6 Å². The van der Waals surface area contributed by atoms with Gasteiger partial charge in [-0.15, -0.1) is 0 Å². The van der Waals surface area contributed by atoms with Gasteiger partial charge in [-0.05, 0) is 57.5 Å². The molecule has 2 heterocycles. The van der Waals surface area contributed by atoms with E-state index < -0.39 is 5.82 Å². The van der Waals surface area contributed by atoms with Gasteiger partial charge in [-0.3, -0.25) is 4.79 Å². The quantitative estimate of drug-likeness (QED) is 0.837. The number of likely N-dealkylation sites (N-methyl/N-ethyl adjacent to an activating group) is 1. The molecule has 0 N–H and O–H groups in total. The highest BCUT2D eigenvalue weighted by atomic mass is 35.5. The van der Waals surface area contributed by atoms with Gasteiger partial charge in [0.05, 0.1) is 10.6 Å². The summed E-state index contributed by atoms with van der Waals surface area (Å²) in [6.45, 7) is 1.86. The largest absolute Gasteiger partial charge is 0.334 e. The zero-order valence-corrected chi connectivity index (χ0v) is 12.9. The van der Waals surface area contributed by atoms with Gasteiger partial charge in [0, 0.05) is 18.6 Å². The second-order valence-corrected chi connectivity index (χ2v) is 6.43. The van der Waals surface area contributed by atoms with E-state index in [0.717, 1.165) is 32.4 Å². The number of carbonyl (C=O) groups excluding carboxylic acids is 1. The van der Waals surface area contributed by atoms with Crippen molar-refractivity contribution in [2.45, 2.75) is 37.8 Å². The van der Waals surface area contributed by atoms with Crippen LogP contribution in [0.2, 0.25) is 5.02 Å². The molecule has 1 aromatic carbocycles. The lowest BCUT2D eigenvalue weighted by Crippen LogP contribution is -2.47. The van der Waals surface area contributed by atoms with E-state index in [1.165, 1.54) is 24.6 Å². The van der Waals surface area contributed by atoms with Gasteiger partial charge in [0.15, 0.2) is 0 Å². The predicted octanol–water partition coefficient (Wildman–Crippen LogP) is 3.18. The molecule has 1 amide bonds. The standard InChI is InChI=1S/C16H20ClFN2O/c1-19-8-2-4-14(19)15-5-3-9-20(15)16(21)12-7-6-11(18)10-13(12)17/h6-7,10,14-15H,2-5,8-9H2,1H3/t14-,15-/m1/s1. The third-order valence-corrected chi connectivity index (χ3v) is 5.06. The average molecular weight is 311 g/mol. The van der Waals surface area contributed by atoms with Crippen LogP contribution in [0.3, 0.4) is 0 Å². The Labute approximate surface area is 129 Å². The first kappa shape index (κ1) is 14.8. The van der Waals surface area contributed by atoms with Crippen LogP contribution in [0.15, 0.2) is 18.2 Å². The number of likely N-dealkylation sites (tertiary alicyclic amines) is 2. The molecule has 0 unspecified atom stereocenters. The van der Waals surface area contributed by atoms with Crippen molar-refractivity contribution in [3.63, 3.8) is 0 Å². The Morgan fingerprint density at radius 1 is 1.24 bits per heavy atom. The number of hydrogen-bond acceptors (Lipinski definition) is 2. The molecular weight excluding hydrogens is 291 g/mol. The molecule has 2 atom stereocenters. The van der Waals surface area contributed by atoms with Gasteiger partial charge in [0.2, 0.25) is 0 Å². The topological polar surface area (TPSA) is 23.6 Å². The molecule has 2 aliphatic heterocycles. The summed E-state index contributed by atoms with van der Waals surface area (Å²) in [6.07, 6.45) is 4.40. The number of benzene rings is 1. The lowest BCUT2D eigenvalue weighted by molar-refractivity contribution is 0.0664. The first-order chi connectivity index (χ1) is 10.1. The Kier molecular flexibility index (Phi) is 4.18. The first-order valence-corrected chi connectivity index (χ1v) is 7.92. The van der Waals surface area contributed by atoms with Gasteiger partial charge < -0.3 is 9.80 Å². The first-order valence-electron chi connectivity index (χ1n) is 7.54. The molecule has 0 aromatic heterocycles. The molecule has 114 valence electrons. The van der Waals surface area contributed by atoms with Crippen molar-refractivity contribution in [2.24, 2.45) is 0 Å². The minimum Gasteiger partial charge on any atom is -0.334 e. The fourth-order valence-corrected chi connectivity index (χ4v) is 3.93. The summed E-state index contributed by atoms with van der Waals surface area (Å²) in [7, 11) is 2.13. The van der Waals surface area contributed by atoms with Crippen LogP contribution in [-0.4, -0.2) is 47.9 Å². The van der Waals surface area contributed by atoms with E-state index in [1.54, 1.807) is 0 Å². The Morgan fingerprint density at radius 2 is 1.95 bits per heavy atom. The van der Waals surface area contributed by atoms with Crippen molar-refractivity contribution in [3.05, 3.63) is 34.6 Å². The molecule has 5 heteroatoms. The molecule has 0 radical (unpaired) electrons. The Balaban J connectivity index is 1.82. The Morgan fingerprint density at radius 3 is 2.62 bits per heavy atom. The van der Waals surface area contributed by atoms with E-state index in [0.29, 0.717) is 11.6 Å². The molecule has 3 nitrogen and oxygen atoms in total. The third kappa shape index (κ3) is 2.79. The van der Waals surface area contributed by atoms with Gasteiger partial charge in [0.1, 0.15) is 5.82 Å². The smallest absolute Gasteiger partial charge is 0.255 e. The van der Waals surface area contributed by atoms with E-state index in [2.05, 4.69) is 11.9 Å². The highest BCUT2D eigenvalue weighted by Crippen LogP contribution is 2.31. The summed E-state index contributed by atoms with van der Waals surface area (Å²) < 4.78 is 13.1. The molecule has 0 spiro atoms. The molecule has 0 bridgehead atoms. The number of rotatable bonds is 2. The molecular formula is C16H20ClFN2O. The van der Waals surface area contributed by atoms with E-state index >= 15 is 0 Å². The van der Waals surface area contributed by atoms with Gasteiger partial charge in [0.25, 0.3) is 5.91 Å². The molecule has 3 rings (SSSR count). The number of carbonyl (C=O) groups is 1. The summed E-state index contributed by atoms with van der Waals surface area (Å²) in [4.78, 5) is 17.0. The number of hydrogen-bond donors (Lipinski definition) is 0. The van der Waals surface area contributed by atoms with Crippen LogP contribution in [0.5, 0.6) is 0 Å². The Hall–Kier alpha value is -1.13. The van der Waals surface area contributed by atoms with Crippen molar-refractivity contribution in [1.82, 2.24) is 9.80 Å². The summed E-state index contributed by atoms with van der Waals surface area (Å²) in [6, 6.07) is 4.70. The maximum atomic E-state index is 13.1. The maximum absolute atomic E-state index is 13.1. The van der Waals surface area contributed by atoms with Crippen LogP contribution in [0.1, 0.15) is 36.0 Å². The van der Waals surface area contributed by atoms with Crippen molar-refractivity contribution in [3.8, 4) is 0 Å². The number of amides is 1. The van der Waals surface area contributed by atoms with Crippen LogP contribution in [0.25, 0.3) is 0 Å². The van der Waals surface area contributed by atoms with Gasteiger partial charge >= 0.3 is 0 Å². The van der Waals surface area contributed by atoms with Crippen LogP contribution in [-0.2, 0) is 0 Å². The van der Waals surface area contributed by atoms with Crippen molar-refractivity contribution < 1.29 is 9.18 Å². The lowest BCUT2D eigenvalue weighted by atomic mass is 10.0. The fourth-order valence-electron chi connectivity index (χ4n) is 3.68. The highest BCUT2D eigenvalue weighted by molar-refractivity contribution is 6.33. The van der Waals surface area contributed by atoms with E-state index in [1.807, 2.05) is 4.90 Å². The van der Waals surface area contributed by atoms with E-state index in [-0.39, 0.29) is 17.0 Å². The molecule has 2 saturated heterocycles. The monoisotopic (exact) mass is 310 g/mol. The van der Waals surface area contributed by atoms with Crippen molar-refractivity contribution >= 4 is 17.5 Å². The summed E-state index contributed by atoms with van der Waals surface area (Å²) in [5.41, 5.74) is 0.408. The molecule has 2 fully saturated rings. The van der Waals surface area contributed by atoms with Crippen LogP contribution < -0.4 is 0 Å². The van der Waals surface area contributed by atoms with Crippen LogP contribution >= 0.6 is 11.6 Å². The molecule has 0 aliphatic carbocycles. The maximum Gasteiger partial charge on any atom is 0.255 e. The minimum absolute atomic E-state index is 0.0669. The van der Waals surface area contributed by atoms with E-state index in [9.17, 15) is 9.18 Å². The highest BCUT2D eigenvalue weighted by Gasteiger charge is 2.38. The normalized spacial score (nSPS) is 26.5. The SMILES string of the molecule is CN1CCC[C@@H]1[C@H]1CCCN1C(=O)c1ccc(F)cc1Cl. The average Bonchev–Trinajstić information content (AvgIpc) is 3.06. The van der Waals surface area contributed by atoms with Crippen molar-refractivity contribution in [2.75, 3.05) is 20.1 Å². The molecule has 0 saturated carbocycles. The fraction of sp³-hybridized carbons (Fsp3) is 0.562. The van der Waals surface area contributed by atoms with E-state index in [4.69, 9.17) is 11.6 Å². The summed E-state index contributed by atoms with van der Waals surface area (Å²) >= 11 is 6.04. The zero-order valence-electron chi connectivity index (χ0n) is 12.2. The minimum atomic E-state index is -0.412. The predicted molar refractivity (Wildman–Crippen MR) is 81.1 cm³/mol. The third-order valence-electron chi connectivity index (χ3n) is 4.74. The molecule has 1 aromatic rings. The number of halogens is 2. The van der Waals surface area contributed by atoms with Gasteiger partial charge in [-0.25, -0.2) is 4.39 Å².